The molecule has 2 aromatic rings. The Morgan fingerprint density at radius 3 is 2.62 bits per heavy atom. The number of likely N-dealkylation sites (tertiary alicyclic amines) is 1. The van der Waals surface area contributed by atoms with E-state index in [1.54, 1.807) is 16.2 Å². The Bertz CT molecular complexity index is 889. The number of carbonyl (C=O) groups is 2. The lowest BCUT2D eigenvalue weighted by Crippen LogP contribution is -2.33. The van der Waals surface area contributed by atoms with E-state index in [1.165, 1.54) is 29.5 Å². The first-order valence-electron chi connectivity index (χ1n) is 11.1. The number of anilines is 1. The summed E-state index contributed by atoms with van der Waals surface area (Å²) in [4.78, 5) is 29.3. The molecule has 0 radical (unpaired) electrons. The van der Waals surface area contributed by atoms with E-state index in [-0.39, 0.29) is 11.7 Å². The predicted octanol–water partition coefficient (Wildman–Crippen LogP) is 5.59. The SMILES string of the molecule is CC.Cc1cscc1N/N=C\C=N.O=CN1CCCC(c2csc(C(=O)C3CCC3)n2)C1. The van der Waals surface area contributed by atoms with Gasteiger partial charge in [0.05, 0.1) is 17.6 Å². The molecule has 1 saturated carbocycles. The number of nitrogens with zero attached hydrogens (tertiary/aromatic N) is 3. The standard InChI is InChI=1S/C14H18N2O2S.C7H9N3S.C2H6/c17-9-16-6-2-5-11(7-16)12-8-19-14(15-12)13(18)10-3-1-4-10;1-6-4-11-5-7(6)10-9-3-2-8;1-2/h8-11H,1-7H2;2-5,8,10H,1H3;1-2H3/b;8-2?,9-3-;. The molecule has 2 fully saturated rings. The molecular weight excluding hydrogens is 442 g/mol. The highest BCUT2D eigenvalue weighted by atomic mass is 32.1. The zero-order chi connectivity index (χ0) is 23.3. The van der Waals surface area contributed by atoms with Crippen LogP contribution in [0.15, 0.2) is 21.2 Å². The zero-order valence-electron chi connectivity index (χ0n) is 19.0. The molecule has 2 N–H and O–H groups in total. The van der Waals surface area contributed by atoms with Crippen LogP contribution >= 0.6 is 22.7 Å². The number of piperidine rings is 1. The van der Waals surface area contributed by atoms with E-state index in [1.807, 2.05) is 36.9 Å². The summed E-state index contributed by atoms with van der Waals surface area (Å²) in [5.41, 5.74) is 6.01. The summed E-state index contributed by atoms with van der Waals surface area (Å²) in [6, 6.07) is 0. The van der Waals surface area contributed by atoms with Gasteiger partial charge >= 0.3 is 0 Å². The molecule has 9 heteroatoms. The minimum absolute atomic E-state index is 0.219. The van der Waals surface area contributed by atoms with Crippen molar-refractivity contribution >= 4 is 53.0 Å². The lowest BCUT2D eigenvalue weighted by atomic mass is 9.82. The monoisotopic (exact) mass is 475 g/mol. The summed E-state index contributed by atoms with van der Waals surface area (Å²) >= 11 is 3.10. The van der Waals surface area contributed by atoms with Gasteiger partial charge in [0, 0.05) is 41.9 Å². The number of hydrogen-bond acceptors (Lipinski definition) is 8. The number of carbonyl (C=O) groups excluding carboxylic acids is 2. The van der Waals surface area contributed by atoms with E-state index >= 15 is 0 Å². The van der Waals surface area contributed by atoms with Crippen molar-refractivity contribution in [3.63, 3.8) is 0 Å². The van der Waals surface area contributed by atoms with Crippen LogP contribution in [0, 0.1) is 18.3 Å². The van der Waals surface area contributed by atoms with Crippen LogP contribution in [-0.2, 0) is 4.79 Å². The van der Waals surface area contributed by atoms with Crippen molar-refractivity contribution in [2.45, 2.75) is 58.8 Å². The number of thiazole rings is 1. The molecule has 1 unspecified atom stereocenters. The Morgan fingerprint density at radius 1 is 1.25 bits per heavy atom. The van der Waals surface area contributed by atoms with E-state index in [9.17, 15) is 9.59 Å². The second-order valence-electron chi connectivity index (χ2n) is 7.53. The molecule has 1 aliphatic heterocycles. The van der Waals surface area contributed by atoms with Crippen LogP contribution < -0.4 is 5.43 Å². The number of rotatable bonds is 7. The molecular formula is C23H33N5O2S2. The topological polar surface area (TPSA) is 98.5 Å². The normalized spacial score (nSPS) is 18.0. The van der Waals surface area contributed by atoms with Gasteiger partial charge in [-0.25, -0.2) is 4.98 Å². The molecule has 2 aliphatic rings. The molecule has 1 aliphatic carbocycles. The van der Waals surface area contributed by atoms with Crippen LogP contribution in [0.2, 0.25) is 0 Å². The Balaban J connectivity index is 0.000000239. The van der Waals surface area contributed by atoms with Crippen molar-refractivity contribution in [1.82, 2.24) is 9.88 Å². The number of hydrazone groups is 1. The summed E-state index contributed by atoms with van der Waals surface area (Å²) in [5, 5.41) is 17.2. The summed E-state index contributed by atoms with van der Waals surface area (Å²) in [7, 11) is 0. The first-order chi connectivity index (χ1) is 15.6. The van der Waals surface area contributed by atoms with Crippen LogP contribution in [0.5, 0.6) is 0 Å². The number of amides is 1. The maximum atomic E-state index is 12.1. The quantitative estimate of drug-likeness (QED) is 0.236. The fraction of sp³-hybridized carbons (Fsp3) is 0.522. The highest BCUT2D eigenvalue weighted by molar-refractivity contribution is 7.11. The third-order valence-corrected chi connectivity index (χ3v) is 7.15. The summed E-state index contributed by atoms with van der Waals surface area (Å²) in [5.74, 6) is 0.750. The first-order valence-corrected chi connectivity index (χ1v) is 12.9. The van der Waals surface area contributed by atoms with Gasteiger partial charge in [0.15, 0.2) is 10.8 Å². The third-order valence-electron chi connectivity index (χ3n) is 5.42. The molecule has 2 aromatic heterocycles. The molecule has 1 atom stereocenters. The molecule has 1 amide bonds. The summed E-state index contributed by atoms with van der Waals surface area (Å²) in [6.07, 6.45) is 8.75. The largest absolute Gasteiger partial charge is 0.345 e. The second kappa shape index (κ2) is 13.9. The van der Waals surface area contributed by atoms with Crippen molar-refractivity contribution in [3.8, 4) is 0 Å². The number of Topliss-reactive ketones (excluding diaryl/α,β-unsaturated/α-hetero) is 1. The smallest absolute Gasteiger partial charge is 0.209 e. The van der Waals surface area contributed by atoms with E-state index in [0.29, 0.717) is 10.9 Å². The van der Waals surface area contributed by atoms with E-state index in [0.717, 1.165) is 62.8 Å². The van der Waals surface area contributed by atoms with Crippen molar-refractivity contribution in [2.75, 3.05) is 18.5 Å². The van der Waals surface area contributed by atoms with E-state index < -0.39 is 0 Å². The Morgan fingerprint density at radius 2 is 2.03 bits per heavy atom. The highest BCUT2D eigenvalue weighted by Crippen LogP contribution is 2.33. The summed E-state index contributed by atoms with van der Waals surface area (Å²) in [6.45, 7) is 7.60. The molecule has 7 nitrogen and oxygen atoms in total. The molecule has 1 saturated heterocycles. The number of hydrogen-bond donors (Lipinski definition) is 2. The van der Waals surface area contributed by atoms with Gasteiger partial charge in [0.1, 0.15) is 0 Å². The predicted molar refractivity (Wildman–Crippen MR) is 135 cm³/mol. The summed E-state index contributed by atoms with van der Waals surface area (Å²) < 4.78 is 0. The maximum absolute atomic E-state index is 12.1. The van der Waals surface area contributed by atoms with Gasteiger partial charge in [-0.05, 0) is 43.6 Å². The van der Waals surface area contributed by atoms with Gasteiger partial charge in [0.2, 0.25) is 6.41 Å². The highest BCUT2D eigenvalue weighted by Gasteiger charge is 2.29. The maximum Gasteiger partial charge on any atom is 0.209 e. The van der Waals surface area contributed by atoms with Gasteiger partial charge in [-0.15, -0.1) is 22.7 Å². The van der Waals surface area contributed by atoms with Crippen LogP contribution in [0.25, 0.3) is 0 Å². The average Bonchev–Trinajstić information content (AvgIpc) is 3.44. The third kappa shape index (κ3) is 7.34. The van der Waals surface area contributed by atoms with Gasteiger partial charge < -0.3 is 10.3 Å². The zero-order valence-corrected chi connectivity index (χ0v) is 20.7. The van der Waals surface area contributed by atoms with Gasteiger partial charge in [0.25, 0.3) is 0 Å². The first kappa shape index (κ1) is 25.9. The molecule has 174 valence electrons. The molecule has 0 spiro atoms. The Kier molecular flexibility index (Phi) is 11.2. The van der Waals surface area contributed by atoms with Gasteiger partial charge in [-0.1, -0.05) is 20.3 Å². The second-order valence-corrected chi connectivity index (χ2v) is 9.14. The lowest BCUT2D eigenvalue weighted by molar-refractivity contribution is -0.119. The Hall–Kier alpha value is -2.39. The molecule has 32 heavy (non-hydrogen) atoms. The minimum Gasteiger partial charge on any atom is -0.345 e. The van der Waals surface area contributed by atoms with Crippen molar-refractivity contribution < 1.29 is 9.59 Å². The lowest BCUT2D eigenvalue weighted by Gasteiger charge is -2.28. The number of aromatic nitrogens is 1. The number of aryl methyl sites for hydroxylation is 1. The molecule has 3 heterocycles. The molecule has 4 rings (SSSR count). The average molecular weight is 476 g/mol. The van der Waals surface area contributed by atoms with Crippen molar-refractivity contribution in [1.29, 1.82) is 5.41 Å². The fourth-order valence-corrected chi connectivity index (χ4v) is 5.09. The van der Waals surface area contributed by atoms with Gasteiger partial charge in [-0.2, -0.15) is 5.10 Å². The van der Waals surface area contributed by atoms with Crippen molar-refractivity contribution in [3.05, 3.63) is 32.4 Å². The van der Waals surface area contributed by atoms with Crippen LogP contribution in [0.4, 0.5) is 5.69 Å². The molecule has 0 bridgehead atoms. The van der Waals surface area contributed by atoms with Crippen LogP contribution in [-0.4, -0.2) is 47.6 Å². The van der Waals surface area contributed by atoms with E-state index in [4.69, 9.17) is 5.41 Å². The Labute approximate surface area is 198 Å². The fourth-order valence-electron chi connectivity index (χ4n) is 3.39. The van der Waals surface area contributed by atoms with Crippen molar-refractivity contribution in [2.24, 2.45) is 11.0 Å². The number of nitrogens with one attached hydrogen (secondary N) is 2. The van der Waals surface area contributed by atoms with Crippen LogP contribution in [0.3, 0.4) is 0 Å². The van der Waals surface area contributed by atoms with Gasteiger partial charge in [-0.3, -0.25) is 15.0 Å². The number of thiophene rings is 1. The van der Waals surface area contributed by atoms with E-state index in [2.05, 4.69) is 15.5 Å². The minimum atomic E-state index is 0.219. The molecule has 0 aromatic carbocycles. The van der Waals surface area contributed by atoms with Crippen LogP contribution in [0.1, 0.15) is 72.9 Å². The number of ketones is 1.